The lowest BCUT2D eigenvalue weighted by atomic mass is 10.2. The Morgan fingerprint density at radius 3 is 2.42 bits per heavy atom. The summed E-state index contributed by atoms with van der Waals surface area (Å²) in [7, 11) is 0. The van der Waals surface area contributed by atoms with Crippen molar-refractivity contribution in [2.45, 2.75) is 6.92 Å². The molecule has 1 aromatic carbocycles. The summed E-state index contributed by atoms with van der Waals surface area (Å²) in [5.74, 6) is -0.811. The van der Waals surface area contributed by atoms with Gasteiger partial charge in [-0.25, -0.2) is 4.98 Å². The lowest BCUT2D eigenvalue weighted by Gasteiger charge is -2.25. The van der Waals surface area contributed by atoms with E-state index in [9.17, 15) is 9.59 Å². The molecule has 0 radical (unpaired) electrons. The Balaban J connectivity index is 1.39. The lowest BCUT2D eigenvalue weighted by Crippen LogP contribution is -2.41. The number of halogens is 2. The van der Waals surface area contributed by atoms with Crippen molar-refractivity contribution < 1.29 is 14.3 Å². The minimum Gasteiger partial charge on any atom is -0.378 e. The first-order valence-electron chi connectivity index (χ1n) is 9.38. The quantitative estimate of drug-likeness (QED) is 0.523. The Morgan fingerprint density at radius 1 is 1.03 bits per heavy atom. The first-order valence-corrected chi connectivity index (χ1v) is 11.8. The van der Waals surface area contributed by atoms with Gasteiger partial charge in [0.05, 0.1) is 23.8 Å². The highest BCUT2D eigenvalue weighted by Gasteiger charge is 2.21. The second-order valence-corrected chi connectivity index (χ2v) is 9.67. The Labute approximate surface area is 196 Å². The number of benzene rings is 1. The fourth-order valence-electron chi connectivity index (χ4n) is 3.03. The molecule has 0 saturated carbocycles. The van der Waals surface area contributed by atoms with Crippen LogP contribution in [0, 0.1) is 6.92 Å². The van der Waals surface area contributed by atoms with E-state index in [0.717, 1.165) is 28.7 Å². The van der Waals surface area contributed by atoms with Gasteiger partial charge in [-0.1, -0.05) is 34.5 Å². The Morgan fingerprint density at radius 2 is 1.71 bits per heavy atom. The van der Waals surface area contributed by atoms with E-state index in [1.807, 2.05) is 6.07 Å². The molecular formula is C20H18Cl2N4O3S2. The fraction of sp³-hybridized carbons (Fsp3) is 0.250. The number of carbonyl (C=O) groups excluding carboxylic acids is 2. The third-order valence-corrected chi connectivity index (χ3v) is 7.33. The number of amides is 2. The second-order valence-electron chi connectivity index (χ2n) is 6.74. The number of hydrogen-bond acceptors (Lipinski definition) is 7. The predicted molar refractivity (Wildman–Crippen MR) is 125 cm³/mol. The van der Waals surface area contributed by atoms with Crippen molar-refractivity contribution in [3.63, 3.8) is 0 Å². The van der Waals surface area contributed by atoms with Crippen LogP contribution in [0.15, 0.2) is 30.3 Å². The molecule has 0 atom stereocenters. The van der Waals surface area contributed by atoms with Crippen LogP contribution in [0.25, 0.3) is 10.4 Å². The monoisotopic (exact) mass is 496 g/mol. The summed E-state index contributed by atoms with van der Waals surface area (Å²) >= 11 is 14.7. The summed E-state index contributed by atoms with van der Waals surface area (Å²) < 4.78 is 5.35. The number of hydrogen-bond donors (Lipinski definition) is 2. The van der Waals surface area contributed by atoms with Crippen molar-refractivity contribution in [1.29, 1.82) is 0 Å². The average molecular weight is 497 g/mol. The number of aryl methyl sites for hydroxylation is 1. The van der Waals surface area contributed by atoms with Gasteiger partial charge in [0.1, 0.15) is 4.88 Å². The minimum absolute atomic E-state index is 0.402. The van der Waals surface area contributed by atoms with Crippen LogP contribution in [0.2, 0.25) is 10.0 Å². The Bertz CT molecular complexity index is 1110. The molecule has 7 nitrogen and oxygen atoms in total. The van der Waals surface area contributed by atoms with Crippen molar-refractivity contribution in [2.24, 2.45) is 0 Å². The summed E-state index contributed by atoms with van der Waals surface area (Å²) in [5.41, 5.74) is 6.38. The molecule has 0 aliphatic carbocycles. The van der Waals surface area contributed by atoms with Crippen LogP contribution >= 0.6 is 45.9 Å². The van der Waals surface area contributed by atoms with Gasteiger partial charge in [-0.3, -0.25) is 20.4 Å². The summed E-state index contributed by atoms with van der Waals surface area (Å²) in [6, 6.07) is 8.70. The van der Waals surface area contributed by atoms with Crippen molar-refractivity contribution in [3.05, 3.63) is 55.8 Å². The summed E-state index contributed by atoms with van der Waals surface area (Å²) in [5, 5.41) is 1.82. The van der Waals surface area contributed by atoms with Gasteiger partial charge in [-0.2, -0.15) is 0 Å². The minimum atomic E-state index is -0.409. The standard InChI is InChI=1S/C20H18Cl2N4O3S2/c1-11-17(31-20(23-11)26-4-6-29-7-5-26)19(28)25-24-18(27)16-3-2-15(30-16)12-8-13(21)10-14(22)9-12/h2-3,8-10H,4-7H2,1H3,(H,24,27)(H,25,28). The van der Waals surface area contributed by atoms with Crippen molar-refractivity contribution in [3.8, 4) is 10.4 Å². The molecule has 0 spiro atoms. The topological polar surface area (TPSA) is 83.6 Å². The van der Waals surface area contributed by atoms with Crippen molar-refractivity contribution >= 4 is 62.8 Å². The van der Waals surface area contributed by atoms with E-state index in [-0.39, 0.29) is 0 Å². The molecule has 0 bridgehead atoms. The van der Waals surface area contributed by atoms with Crippen LogP contribution < -0.4 is 15.8 Å². The van der Waals surface area contributed by atoms with Crippen LogP contribution in [0.4, 0.5) is 5.13 Å². The first kappa shape index (κ1) is 22.0. The molecule has 3 aromatic rings. The van der Waals surface area contributed by atoms with E-state index in [0.29, 0.717) is 38.7 Å². The maximum atomic E-state index is 12.6. The molecule has 0 unspecified atom stereocenters. The van der Waals surface area contributed by atoms with Crippen LogP contribution in [-0.4, -0.2) is 43.1 Å². The van der Waals surface area contributed by atoms with Crippen molar-refractivity contribution in [1.82, 2.24) is 15.8 Å². The first-order chi connectivity index (χ1) is 14.9. The van der Waals surface area contributed by atoms with Gasteiger partial charge in [0.2, 0.25) is 0 Å². The molecule has 2 N–H and O–H groups in total. The summed E-state index contributed by atoms with van der Waals surface area (Å²) in [6.45, 7) is 4.53. The van der Waals surface area contributed by atoms with Crippen LogP contribution in [0.3, 0.4) is 0 Å². The molecule has 1 fully saturated rings. The van der Waals surface area contributed by atoms with E-state index in [4.69, 9.17) is 27.9 Å². The van der Waals surface area contributed by atoms with E-state index >= 15 is 0 Å². The average Bonchev–Trinajstić information content (AvgIpc) is 3.39. The third kappa shape index (κ3) is 5.19. The molecule has 3 heterocycles. The zero-order valence-electron chi connectivity index (χ0n) is 16.4. The number of nitrogens with one attached hydrogen (secondary N) is 2. The van der Waals surface area contributed by atoms with Gasteiger partial charge >= 0.3 is 0 Å². The second kappa shape index (κ2) is 9.54. The van der Waals surface area contributed by atoms with Crippen LogP contribution in [0.1, 0.15) is 25.0 Å². The molecule has 11 heteroatoms. The Hall–Kier alpha value is -2.17. The normalized spacial score (nSPS) is 13.8. The zero-order chi connectivity index (χ0) is 22.0. The number of rotatable bonds is 4. The highest BCUT2D eigenvalue weighted by Crippen LogP contribution is 2.32. The zero-order valence-corrected chi connectivity index (χ0v) is 19.6. The molecule has 2 aromatic heterocycles. The Kier molecular flexibility index (Phi) is 6.78. The van der Waals surface area contributed by atoms with E-state index in [1.54, 1.807) is 31.2 Å². The number of thiazole rings is 1. The number of aromatic nitrogens is 1. The maximum Gasteiger partial charge on any atom is 0.281 e. The number of thiophene rings is 1. The number of morpholine rings is 1. The summed E-state index contributed by atoms with van der Waals surface area (Å²) in [4.78, 5) is 33.4. The molecule has 31 heavy (non-hydrogen) atoms. The van der Waals surface area contributed by atoms with Gasteiger partial charge in [0.25, 0.3) is 11.8 Å². The third-order valence-electron chi connectivity index (χ3n) is 4.54. The van der Waals surface area contributed by atoms with E-state index in [2.05, 4.69) is 20.7 Å². The van der Waals surface area contributed by atoms with E-state index < -0.39 is 11.8 Å². The molecule has 1 aliphatic heterocycles. The maximum absolute atomic E-state index is 12.6. The highest BCUT2D eigenvalue weighted by atomic mass is 35.5. The van der Waals surface area contributed by atoms with Gasteiger partial charge in [0, 0.05) is 28.0 Å². The molecule has 2 amide bonds. The van der Waals surface area contributed by atoms with E-state index in [1.165, 1.54) is 22.7 Å². The van der Waals surface area contributed by atoms with Gasteiger partial charge in [-0.15, -0.1) is 11.3 Å². The highest BCUT2D eigenvalue weighted by molar-refractivity contribution is 7.18. The summed E-state index contributed by atoms with van der Waals surface area (Å²) in [6.07, 6.45) is 0. The van der Waals surface area contributed by atoms with Gasteiger partial charge in [0.15, 0.2) is 5.13 Å². The number of hydrazine groups is 1. The number of nitrogens with zero attached hydrogens (tertiary/aromatic N) is 2. The predicted octanol–water partition coefficient (Wildman–Crippen LogP) is 4.40. The largest absolute Gasteiger partial charge is 0.378 e. The van der Waals surface area contributed by atoms with Crippen LogP contribution in [-0.2, 0) is 4.74 Å². The molecule has 1 aliphatic rings. The fourth-order valence-corrected chi connectivity index (χ4v) is 5.45. The molecular weight excluding hydrogens is 479 g/mol. The number of anilines is 1. The smallest absolute Gasteiger partial charge is 0.281 e. The SMILES string of the molecule is Cc1nc(N2CCOCC2)sc1C(=O)NNC(=O)c1ccc(-c2cc(Cl)cc(Cl)c2)s1. The number of carbonyl (C=O) groups is 2. The molecule has 162 valence electrons. The lowest BCUT2D eigenvalue weighted by molar-refractivity contribution is 0.0850. The molecule has 4 rings (SSSR count). The molecule has 1 saturated heterocycles. The number of ether oxygens (including phenoxy) is 1. The van der Waals surface area contributed by atoms with Gasteiger partial charge in [-0.05, 0) is 42.8 Å². The van der Waals surface area contributed by atoms with Crippen LogP contribution in [0.5, 0.6) is 0 Å². The van der Waals surface area contributed by atoms with Gasteiger partial charge < -0.3 is 9.64 Å². The van der Waals surface area contributed by atoms with Crippen molar-refractivity contribution in [2.75, 3.05) is 31.2 Å².